The molecule has 0 spiro atoms. The second-order valence-electron chi connectivity index (χ2n) is 5.37. The van der Waals surface area contributed by atoms with Crippen LogP contribution in [0.2, 0.25) is 0 Å². The first-order valence-corrected chi connectivity index (χ1v) is 8.41. The Morgan fingerprint density at radius 3 is 2.76 bits per heavy atom. The van der Waals surface area contributed by atoms with Crippen LogP contribution >= 0.6 is 11.8 Å². The van der Waals surface area contributed by atoms with Crippen molar-refractivity contribution in [1.29, 1.82) is 0 Å². The van der Waals surface area contributed by atoms with Crippen molar-refractivity contribution in [2.75, 3.05) is 27.2 Å². The number of carbonyl (C=O) groups is 1. The van der Waals surface area contributed by atoms with Crippen molar-refractivity contribution < 1.29 is 9.53 Å². The van der Waals surface area contributed by atoms with E-state index in [0.29, 0.717) is 11.8 Å². The average Bonchev–Trinajstić information content (AvgIpc) is 2.87. The van der Waals surface area contributed by atoms with Crippen LogP contribution in [0.3, 0.4) is 0 Å². The summed E-state index contributed by atoms with van der Waals surface area (Å²) >= 11 is 1.93. The van der Waals surface area contributed by atoms with Gasteiger partial charge in [0.15, 0.2) is 0 Å². The molecular weight excluding hydrogens is 284 g/mol. The van der Waals surface area contributed by atoms with Crippen LogP contribution in [0, 0.1) is 0 Å². The zero-order chi connectivity index (χ0) is 15.2. The van der Waals surface area contributed by atoms with Crippen LogP contribution in [-0.2, 0) is 10.5 Å². The molecular formula is C16H24N2O2S. The van der Waals surface area contributed by atoms with E-state index in [1.54, 1.807) is 7.11 Å². The summed E-state index contributed by atoms with van der Waals surface area (Å²) in [7, 11) is 3.72. The highest BCUT2D eigenvalue weighted by atomic mass is 32.2. The molecule has 4 nitrogen and oxygen atoms in total. The Morgan fingerprint density at radius 1 is 1.43 bits per heavy atom. The van der Waals surface area contributed by atoms with Crippen molar-refractivity contribution in [3.05, 3.63) is 29.8 Å². The third kappa shape index (κ3) is 4.38. The lowest BCUT2D eigenvalue weighted by atomic mass is 10.2. The van der Waals surface area contributed by atoms with Crippen LogP contribution in [0.5, 0.6) is 5.75 Å². The first kappa shape index (κ1) is 16.2. The molecule has 1 aliphatic rings. The number of rotatable bonds is 6. The number of nitrogens with one attached hydrogen (secondary N) is 1. The van der Waals surface area contributed by atoms with Crippen molar-refractivity contribution in [2.45, 2.75) is 30.4 Å². The third-order valence-electron chi connectivity index (χ3n) is 3.81. The zero-order valence-corrected chi connectivity index (χ0v) is 13.8. The second-order valence-corrected chi connectivity index (χ2v) is 6.66. The van der Waals surface area contributed by atoms with Crippen molar-refractivity contribution in [2.24, 2.45) is 0 Å². The van der Waals surface area contributed by atoms with Gasteiger partial charge in [-0.25, -0.2) is 0 Å². The molecule has 116 valence electrons. The molecule has 0 radical (unpaired) electrons. The Labute approximate surface area is 131 Å². The van der Waals surface area contributed by atoms with Crippen molar-refractivity contribution in [3.63, 3.8) is 0 Å². The number of methoxy groups -OCH3 is 1. The summed E-state index contributed by atoms with van der Waals surface area (Å²) in [6, 6.07) is 8.22. The van der Waals surface area contributed by atoms with Crippen LogP contribution in [0.1, 0.15) is 18.9 Å². The van der Waals surface area contributed by atoms with Crippen LogP contribution in [0.15, 0.2) is 24.3 Å². The summed E-state index contributed by atoms with van der Waals surface area (Å²) in [5, 5.41) is 3.44. The van der Waals surface area contributed by atoms with E-state index in [0.717, 1.165) is 24.5 Å². The molecule has 1 fully saturated rings. The lowest BCUT2D eigenvalue weighted by Crippen LogP contribution is -2.41. The Kier molecular flexibility index (Phi) is 5.94. The van der Waals surface area contributed by atoms with Crippen molar-refractivity contribution in [3.8, 4) is 5.75 Å². The van der Waals surface area contributed by atoms with E-state index in [9.17, 15) is 4.79 Å². The highest BCUT2D eigenvalue weighted by Crippen LogP contribution is 2.29. The molecule has 1 aromatic rings. The molecule has 0 unspecified atom stereocenters. The van der Waals surface area contributed by atoms with Gasteiger partial charge in [-0.3, -0.25) is 9.69 Å². The third-order valence-corrected chi connectivity index (χ3v) is 5.12. The molecule has 1 N–H and O–H groups in total. The monoisotopic (exact) mass is 308 g/mol. The van der Waals surface area contributed by atoms with Gasteiger partial charge in [0, 0.05) is 24.1 Å². The standard InChI is InChI=1S/C16H24N2O2S/c1-4-17-16(19)15-9-14(10-18(15)2)21-11-12-5-7-13(20-3)8-6-12/h5-8,14-15H,4,9-11H2,1-3H3,(H,17,19)/t14-,15-/m0/s1. The van der Waals surface area contributed by atoms with Crippen LogP contribution in [0.25, 0.3) is 0 Å². The minimum Gasteiger partial charge on any atom is -0.497 e. The molecule has 2 atom stereocenters. The van der Waals surface area contributed by atoms with E-state index in [-0.39, 0.29) is 11.9 Å². The molecule has 0 saturated carbocycles. The summed E-state index contributed by atoms with van der Waals surface area (Å²) in [5.41, 5.74) is 1.30. The van der Waals surface area contributed by atoms with Gasteiger partial charge in [-0.15, -0.1) is 0 Å². The van der Waals surface area contributed by atoms with Crippen LogP contribution in [0.4, 0.5) is 0 Å². The van der Waals surface area contributed by atoms with Gasteiger partial charge >= 0.3 is 0 Å². The van der Waals surface area contributed by atoms with Gasteiger partial charge in [-0.05, 0) is 38.1 Å². The number of likely N-dealkylation sites (N-methyl/N-ethyl adjacent to an activating group) is 2. The quantitative estimate of drug-likeness (QED) is 0.874. The SMILES string of the molecule is CCNC(=O)[C@@H]1C[C@H](SCc2ccc(OC)cc2)CN1C. The number of nitrogens with zero attached hydrogens (tertiary/aromatic N) is 1. The van der Waals surface area contributed by atoms with Gasteiger partial charge in [0.1, 0.15) is 5.75 Å². The molecule has 0 bridgehead atoms. The maximum absolute atomic E-state index is 12.0. The Morgan fingerprint density at radius 2 is 2.14 bits per heavy atom. The Balaban J connectivity index is 1.82. The van der Waals surface area contributed by atoms with E-state index in [2.05, 4.69) is 22.3 Å². The molecule has 0 aromatic heterocycles. The number of carbonyl (C=O) groups excluding carboxylic acids is 1. The molecule has 5 heteroatoms. The fraction of sp³-hybridized carbons (Fsp3) is 0.562. The lowest BCUT2D eigenvalue weighted by molar-refractivity contribution is -0.124. The van der Waals surface area contributed by atoms with Gasteiger partial charge < -0.3 is 10.1 Å². The van der Waals surface area contributed by atoms with Gasteiger partial charge in [-0.2, -0.15) is 11.8 Å². The van der Waals surface area contributed by atoms with Crippen LogP contribution in [-0.4, -0.2) is 49.3 Å². The van der Waals surface area contributed by atoms with Gasteiger partial charge in [-0.1, -0.05) is 12.1 Å². The molecule has 1 amide bonds. The molecule has 0 aliphatic carbocycles. The maximum Gasteiger partial charge on any atom is 0.237 e. The summed E-state index contributed by atoms with van der Waals surface area (Å²) in [5.74, 6) is 2.03. The second kappa shape index (κ2) is 7.71. The van der Waals surface area contributed by atoms with Crippen molar-refractivity contribution in [1.82, 2.24) is 10.2 Å². The normalized spacial score (nSPS) is 22.2. The van der Waals surface area contributed by atoms with E-state index < -0.39 is 0 Å². The molecule has 1 aromatic carbocycles. The predicted molar refractivity (Wildman–Crippen MR) is 87.8 cm³/mol. The molecule has 1 aliphatic heterocycles. The van der Waals surface area contributed by atoms with E-state index >= 15 is 0 Å². The highest BCUT2D eigenvalue weighted by Gasteiger charge is 2.34. The topological polar surface area (TPSA) is 41.6 Å². The smallest absolute Gasteiger partial charge is 0.237 e. The summed E-state index contributed by atoms with van der Waals surface area (Å²) in [4.78, 5) is 14.1. The number of thioether (sulfide) groups is 1. The fourth-order valence-electron chi connectivity index (χ4n) is 2.61. The summed E-state index contributed by atoms with van der Waals surface area (Å²) < 4.78 is 5.17. The Bertz CT molecular complexity index is 464. The van der Waals surface area contributed by atoms with Gasteiger partial charge in [0.05, 0.1) is 13.2 Å². The average molecular weight is 308 g/mol. The van der Waals surface area contributed by atoms with Gasteiger partial charge in [0.2, 0.25) is 5.91 Å². The number of ether oxygens (including phenoxy) is 1. The Hall–Kier alpha value is -1.20. The van der Waals surface area contributed by atoms with Crippen LogP contribution < -0.4 is 10.1 Å². The largest absolute Gasteiger partial charge is 0.497 e. The molecule has 21 heavy (non-hydrogen) atoms. The number of likely N-dealkylation sites (tertiary alicyclic amines) is 1. The van der Waals surface area contributed by atoms with Gasteiger partial charge in [0.25, 0.3) is 0 Å². The minimum absolute atomic E-state index is 0.0262. The predicted octanol–water partition coefficient (Wildman–Crippen LogP) is 2.14. The number of benzene rings is 1. The summed E-state index contributed by atoms with van der Waals surface area (Å²) in [6.45, 7) is 3.64. The lowest BCUT2D eigenvalue weighted by Gasteiger charge is -2.17. The molecule has 2 rings (SSSR count). The first-order chi connectivity index (χ1) is 10.1. The van der Waals surface area contributed by atoms with E-state index in [1.807, 2.05) is 37.9 Å². The number of hydrogen-bond donors (Lipinski definition) is 1. The zero-order valence-electron chi connectivity index (χ0n) is 13.0. The highest BCUT2D eigenvalue weighted by molar-refractivity contribution is 7.99. The maximum atomic E-state index is 12.0. The molecule has 1 heterocycles. The van der Waals surface area contributed by atoms with E-state index in [4.69, 9.17) is 4.74 Å². The number of amides is 1. The molecule has 1 saturated heterocycles. The minimum atomic E-state index is 0.0262. The van der Waals surface area contributed by atoms with E-state index in [1.165, 1.54) is 5.56 Å². The fourth-order valence-corrected chi connectivity index (χ4v) is 3.89. The first-order valence-electron chi connectivity index (χ1n) is 7.36. The number of hydrogen-bond acceptors (Lipinski definition) is 4. The van der Waals surface area contributed by atoms with Crippen molar-refractivity contribution >= 4 is 17.7 Å². The summed E-state index contributed by atoms with van der Waals surface area (Å²) in [6.07, 6.45) is 0.934.